The minimum absolute atomic E-state index is 0.260. The van der Waals surface area contributed by atoms with E-state index < -0.39 is 0 Å². The molecule has 140 valence electrons. The van der Waals surface area contributed by atoms with Gasteiger partial charge in [0.05, 0.1) is 17.5 Å². The molecular weight excluding hydrogens is 348 g/mol. The van der Waals surface area contributed by atoms with Crippen molar-refractivity contribution < 1.29 is 14.3 Å². The largest absolute Gasteiger partial charge is 0.486 e. The Kier molecular flexibility index (Phi) is 4.10. The Morgan fingerprint density at radius 1 is 1.37 bits per heavy atom. The minimum Gasteiger partial charge on any atom is -0.486 e. The topological polar surface area (TPSA) is 89.5 Å². The molecule has 1 amide bonds. The van der Waals surface area contributed by atoms with E-state index in [0.717, 1.165) is 0 Å². The maximum Gasteiger partial charge on any atom is 0.274 e. The highest BCUT2D eigenvalue weighted by molar-refractivity contribution is 6.05. The van der Waals surface area contributed by atoms with Gasteiger partial charge < -0.3 is 14.4 Å². The van der Waals surface area contributed by atoms with Crippen LogP contribution in [0.5, 0.6) is 11.5 Å². The Morgan fingerprint density at radius 2 is 2.11 bits per heavy atom. The molecule has 0 bridgehead atoms. The average molecular weight is 368 g/mol. The van der Waals surface area contributed by atoms with E-state index >= 15 is 0 Å². The number of amides is 1. The van der Waals surface area contributed by atoms with Crippen LogP contribution in [-0.4, -0.2) is 51.9 Å². The van der Waals surface area contributed by atoms with Crippen LogP contribution in [0, 0.1) is 6.92 Å². The van der Waals surface area contributed by atoms with Crippen LogP contribution in [0.2, 0.25) is 0 Å². The number of nitrogens with zero attached hydrogens (tertiary/aromatic N) is 3. The number of para-hydroxylation sites is 2. The lowest BCUT2D eigenvalue weighted by Crippen LogP contribution is -2.42. The lowest BCUT2D eigenvalue weighted by Gasteiger charge is -2.29. The highest BCUT2D eigenvalue weighted by Crippen LogP contribution is 2.31. The number of rotatable bonds is 3. The van der Waals surface area contributed by atoms with E-state index in [0.29, 0.717) is 46.9 Å². The van der Waals surface area contributed by atoms with Crippen molar-refractivity contribution in [3.8, 4) is 11.5 Å². The Morgan fingerprint density at radius 3 is 2.89 bits per heavy atom. The number of H-pyrrole nitrogens is 1. The first-order valence-corrected chi connectivity index (χ1v) is 8.64. The van der Waals surface area contributed by atoms with E-state index in [1.807, 2.05) is 24.3 Å². The quantitative estimate of drug-likeness (QED) is 0.756. The molecule has 0 radical (unpaired) electrons. The van der Waals surface area contributed by atoms with Gasteiger partial charge in [0.1, 0.15) is 6.61 Å². The molecule has 1 atom stereocenters. The number of carbonyl (C=O) groups is 1. The molecule has 27 heavy (non-hydrogen) atoms. The van der Waals surface area contributed by atoms with Crippen molar-refractivity contribution in [2.75, 3.05) is 20.2 Å². The van der Waals surface area contributed by atoms with Gasteiger partial charge in [0.15, 0.2) is 23.3 Å². The number of benzene rings is 1. The molecule has 4 rings (SSSR count). The normalized spacial score (nSPS) is 15.7. The van der Waals surface area contributed by atoms with Crippen LogP contribution in [0.15, 0.2) is 35.1 Å². The number of fused-ring (bicyclic) bond motifs is 2. The van der Waals surface area contributed by atoms with Crippen LogP contribution in [-0.2, 0) is 7.05 Å². The SMILES string of the molecule is Cc1cc(C(=O)N(C)C[C@@H]2COc3ccccc3O2)c2c(=O)[nH]n(C)c2n1. The van der Waals surface area contributed by atoms with Gasteiger partial charge >= 0.3 is 0 Å². The molecule has 8 heteroatoms. The Balaban J connectivity index is 1.59. The molecule has 0 spiro atoms. The first-order valence-electron chi connectivity index (χ1n) is 8.64. The summed E-state index contributed by atoms with van der Waals surface area (Å²) in [7, 11) is 3.38. The van der Waals surface area contributed by atoms with E-state index in [-0.39, 0.29) is 17.6 Å². The summed E-state index contributed by atoms with van der Waals surface area (Å²) >= 11 is 0. The summed E-state index contributed by atoms with van der Waals surface area (Å²) in [5.74, 6) is 1.10. The van der Waals surface area contributed by atoms with Gasteiger partial charge in [0, 0.05) is 19.8 Å². The molecule has 0 unspecified atom stereocenters. The van der Waals surface area contributed by atoms with Crippen LogP contribution in [0.4, 0.5) is 0 Å². The van der Waals surface area contributed by atoms with Gasteiger partial charge in [-0.15, -0.1) is 0 Å². The number of nitrogens with one attached hydrogen (secondary N) is 1. The lowest BCUT2D eigenvalue weighted by atomic mass is 10.1. The Hall–Kier alpha value is -3.29. The summed E-state index contributed by atoms with van der Waals surface area (Å²) in [5, 5.41) is 2.95. The highest BCUT2D eigenvalue weighted by Gasteiger charge is 2.26. The van der Waals surface area contributed by atoms with Crippen molar-refractivity contribution in [2.24, 2.45) is 7.05 Å². The molecule has 0 saturated heterocycles. The zero-order valence-corrected chi connectivity index (χ0v) is 15.4. The van der Waals surface area contributed by atoms with Crippen molar-refractivity contribution in [3.63, 3.8) is 0 Å². The van der Waals surface area contributed by atoms with E-state index in [1.165, 1.54) is 4.68 Å². The molecular formula is C19H20N4O4. The number of aryl methyl sites for hydroxylation is 2. The fourth-order valence-corrected chi connectivity index (χ4v) is 3.30. The molecule has 3 aromatic rings. The third kappa shape index (κ3) is 3.03. The second-order valence-corrected chi connectivity index (χ2v) is 6.69. The molecule has 1 aromatic carbocycles. The number of hydrogen-bond acceptors (Lipinski definition) is 5. The van der Waals surface area contributed by atoms with E-state index in [2.05, 4.69) is 10.1 Å². The van der Waals surface area contributed by atoms with E-state index in [4.69, 9.17) is 9.47 Å². The molecule has 1 aliphatic heterocycles. The number of carbonyl (C=O) groups excluding carboxylic acids is 1. The van der Waals surface area contributed by atoms with Crippen molar-refractivity contribution in [2.45, 2.75) is 13.0 Å². The molecule has 2 aromatic heterocycles. The van der Waals surface area contributed by atoms with Gasteiger partial charge in [0.2, 0.25) is 0 Å². The predicted molar refractivity (Wildman–Crippen MR) is 99.4 cm³/mol. The number of pyridine rings is 1. The number of aromatic amines is 1. The van der Waals surface area contributed by atoms with Crippen LogP contribution in [0.3, 0.4) is 0 Å². The maximum atomic E-state index is 13.0. The van der Waals surface area contributed by atoms with Gasteiger partial charge in [-0.3, -0.25) is 19.4 Å². The van der Waals surface area contributed by atoms with Crippen LogP contribution in [0.1, 0.15) is 16.1 Å². The second kappa shape index (κ2) is 6.46. The van der Waals surface area contributed by atoms with Gasteiger partial charge in [-0.2, -0.15) is 0 Å². The molecule has 1 aliphatic rings. The van der Waals surface area contributed by atoms with Crippen molar-refractivity contribution in [1.82, 2.24) is 19.7 Å². The first-order chi connectivity index (χ1) is 12.9. The van der Waals surface area contributed by atoms with Crippen LogP contribution < -0.4 is 15.0 Å². The summed E-state index contributed by atoms with van der Waals surface area (Å²) in [6, 6.07) is 9.08. The predicted octanol–water partition coefficient (Wildman–Crippen LogP) is 1.48. The molecule has 0 fully saturated rings. The van der Waals surface area contributed by atoms with Crippen LogP contribution >= 0.6 is 0 Å². The number of aromatic nitrogens is 3. The Bertz CT molecular complexity index is 1080. The molecule has 0 aliphatic carbocycles. The van der Waals surface area contributed by atoms with E-state index in [1.54, 1.807) is 32.0 Å². The third-order valence-corrected chi connectivity index (χ3v) is 4.56. The van der Waals surface area contributed by atoms with Crippen molar-refractivity contribution in [3.05, 3.63) is 51.9 Å². The molecule has 3 heterocycles. The monoisotopic (exact) mass is 368 g/mol. The zero-order chi connectivity index (χ0) is 19.1. The summed E-state index contributed by atoms with van der Waals surface area (Å²) < 4.78 is 13.2. The van der Waals surface area contributed by atoms with Gasteiger partial charge in [-0.25, -0.2) is 4.98 Å². The number of likely N-dealkylation sites (N-methyl/N-ethyl adjacent to an activating group) is 1. The summed E-state index contributed by atoms with van der Waals surface area (Å²) in [5.41, 5.74) is 1.13. The van der Waals surface area contributed by atoms with Crippen molar-refractivity contribution >= 4 is 16.9 Å². The molecule has 0 saturated carbocycles. The fourth-order valence-electron chi connectivity index (χ4n) is 3.30. The molecule has 8 nitrogen and oxygen atoms in total. The third-order valence-electron chi connectivity index (χ3n) is 4.56. The number of hydrogen-bond donors (Lipinski definition) is 1. The smallest absolute Gasteiger partial charge is 0.274 e. The zero-order valence-electron chi connectivity index (χ0n) is 15.4. The van der Waals surface area contributed by atoms with Gasteiger partial charge in [-0.1, -0.05) is 12.1 Å². The lowest BCUT2D eigenvalue weighted by molar-refractivity contribution is 0.0522. The molecule has 1 N–H and O–H groups in total. The van der Waals surface area contributed by atoms with Gasteiger partial charge in [-0.05, 0) is 25.1 Å². The fraction of sp³-hybridized carbons (Fsp3) is 0.316. The maximum absolute atomic E-state index is 13.0. The summed E-state index contributed by atoms with van der Waals surface area (Å²) in [6.45, 7) is 2.48. The van der Waals surface area contributed by atoms with Crippen LogP contribution in [0.25, 0.3) is 11.0 Å². The average Bonchev–Trinajstić information content (AvgIpc) is 2.94. The van der Waals surface area contributed by atoms with Gasteiger partial charge in [0.25, 0.3) is 11.5 Å². The van der Waals surface area contributed by atoms with E-state index in [9.17, 15) is 9.59 Å². The van der Waals surface area contributed by atoms with Crippen molar-refractivity contribution in [1.29, 1.82) is 0 Å². The highest BCUT2D eigenvalue weighted by atomic mass is 16.6. The summed E-state index contributed by atoms with van der Waals surface area (Å²) in [6.07, 6.45) is -0.290. The number of ether oxygens (including phenoxy) is 2. The second-order valence-electron chi connectivity index (χ2n) is 6.69. The first kappa shape index (κ1) is 17.1. The standard InChI is InChI=1S/C19H20N4O4/c1-11-8-13(16-17(20-11)23(3)21-18(16)24)19(25)22(2)9-12-10-26-14-6-4-5-7-15(14)27-12/h4-8,12H,9-10H2,1-3H3,(H,21,24)/t12-/m1/s1. The summed E-state index contributed by atoms with van der Waals surface area (Å²) in [4.78, 5) is 31.2. The minimum atomic E-state index is -0.331. The Labute approximate surface area is 155 Å².